The summed E-state index contributed by atoms with van der Waals surface area (Å²) in [5.41, 5.74) is -1.26. The topological polar surface area (TPSA) is 84.9 Å². The van der Waals surface area contributed by atoms with Gasteiger partial charge in [-0.3, -0.25) is 0 Å². The fourth-order valence-corrected chi connectivity index (χ4v) is 2.73. The molecule has 0 bridgehead atoms. The molecule has 120 valence electrons. The van der Waals surface area contributed by atoms with Gasteiger partial charge >= 0.3 is 0 Å². The third-order valence-electron chi connectivity index (χ3n) is 2.92. The Kier molecular flexibility index (Phi) is 6.09. The molecule has 0 saturated heterocycles. The average molecular weight is 321 g/mol. The molecule has 0 saturated carbocycles. The zero-order valence-electron chi connectivity index (χ0n) is 12.2. The Labute approximate surface area is 123 Å². The Hall–Kier alpha value is -1.22. The van der Waals surface area contributed by atoms with Gasteiger partial charge in [0.1, 0.15) is 0 Å². The number of rotatable bonds is 8. The molecule has 0 fully saturated rings. The minimum atomic E-state index is -3.91. The molecule has 0 heterocycles. The first-order valence-electron chi connectivity index (χ1n) is 6.26. The summed E-state index contributed by atoms with van der Waals surface area (Å²) in [7, 11) is -1.14. The van der Waals surface area contributed by atoms with Crippen molar-refractivity contribution in [2.45, 2.75) is 23.8 Å². The smallest absolute Gasteiger partial charge is 0.240 e. The van der Waals surface area contributed by atoms with E-state index in [9.17, 15) is 17.9 Å². The zero-order valence-corrected chi connectivity index (χ0v) is 13.0. The zero-order chi connectivity index (χ0) is 16.1. The Morgan fingerprint density at radius 3 is 2.57 bits per heavy atom. The van der Waals surface area contributed by atoms with Crippen molar-refractivity contribution in [1.29, 1.82) is 0 Å². The molecule has 0 aromatic heterocycles. The van der Waals surface area contributed by atoms with Crippen LogP contribution in [0.5, 0.6) is 5.75 Å². The summed E-state index contributed by atoms with van der Waals surface area (Å²) in [6.07, 6.45) is 0.267. The van der Waals surface area contributed by atoms with Gasteiger partial charge in [0.05, 0.1) is 17.6 Å². The fraction of sp³-hybridized carbons (Fsp3) is 0.538. The molecule has 6 nitrogen and oxygen atoms in total. The maximum absolute atomic E-state index is 13.5. The molecule has 1 aromatic carbocycles. The average Bonchev–Trinajstić information content (AvgIpc) is 2.43. The number of ether oxygens (including phenoxy) is 2. The Morgan fingerprint density at radius 2 is 2.05 bits per heavy atom. The molecule has 1 atom stereocenters. The first-order chi connectivity index (χ1) is 9.72. The van der Waals surface area contributed by atoms with Crippen LogP contribution in [0.25, 0.3) is 0 Å². The van der Waals surface area contributed by atoms with Crippen molar-refractivity contribution in [2.75, 3.05) is 27.4 Å². The van der Waals surface area contributed by atoms with Gasteiger partial charge in [-0.2, -0.15) is 0 Å². The number of hydrogen-bond acceptors (Lipinski definition) is 5. The van der Waals surface area contributed by atoms with Gasteiger partial charge < -0.3 is 14.6 Å². The molecule has 2 N–H and O–H groups in total. The molecule has 0 amide bonds. The minimum Gasteiger partial charge on any atom is -0.494 e. The lowest BCUT2D eigenvalue weighted by molar-refractivity contribution is 0.0292. The van der Waals surface area contributed by atoms with Crippen molar-refractivity contribution in [1.82, 2.24) is 4.72 Å². The summed E-state index contributed by atoms with van der Waals surface area (Å²) < 4.78 is 49.4. The van der Waals surface area contributed by atoms with Crippen molar-refractivity contribution < 1.29 is 27.4 Å². The Bertz CT molecular complexity index is 574. The lowest BCUT2D eigenvalue weighted by Gasteiger charge is -2.23. The summed E-state index contributed by atoms with van der Waals surface area (Å²) >= 11 is 0. The third kappa shape index (κ3) is 5.24. The van der Waals surface area contributed by atoms with Crippen LogP contribution in [0, 0.1) is 5.82 Å². The van der Waals surface area contributed by atoms with Gasteiger partial charge in [0.15, 0.2) is 11.6 Å². The van der Waals surface area contributed by atoms with Crippen LogP contribution < -0.4 is 9.46 Å². The Balaban J connectivity index is 2.80. The summed E-state index contributed by atoms with van der Waals surface area (Å²) in [6.45, 7) is 1.58. The predicted octanol–water partition coefficient (Wildman–Crippen LogP) is 0.900. The number of aliphatic hydroxyl groups is 1. The predicted molar refractivity (Wildman–Crippen MR) is 75.3 cm³/mol. The fourth-order valence-electron chi connectivity index (χ4n) is 1.56. The molecule has 1 rings (SSSR count). The van der Waals surface area contributed by atoms with Gasteiger partial charge in [-0.1, -0.05) is 0 Å². The molecular formula is C13H20FNO5S. The molecule has 0 aliphatic carbocycles. The second-order valence-corrected chi connectivity index (χ2v) is 6.63. The van der Waals surface area contributed by atoms with Crippen LogP contribution in [0.3, 0.4) is 0 Å². The van der Waals surface area contributed by atoms with E-state index < -0.39 is 21.4 Å². The second-order valence-electron chi connectivity index (χ2n) is 4.86. The molecule has 0 spiro atoms. The number of hydrogen-bond donors (Lipinski definition) is 2. The number of halogens is 1. The van der Waals surface area contributed by atoms with Crippen LogP contribution in [0.4, 0.5) is 4.39 Å². The first kappa shape index (κ1) is 17.8. The molecule has 21 heavy (non-hydrogen) atoms. The van der Waals surface area contributed by atoms with Crippen LogP contribution >= 0.6 is 0 Å². The quantitative estimate of drug-likeness (QED) is 0.743. The van der Waals surface area contributed by atoms with E-state index in [1.165, 1.54) is 33.3 Å². The lowest BCUT2D eigenvalue weighted by Crippen LogP contribution is -2.41. The maximum atomic E-state index is 13.5. The largest absolute Gasteiger partial charge is 0.494 e. The van der Waals surface area contributed by atoms with E-state index in [1.54, 1.807) is 0 Å². The standard InChI is InChI=1S/C13H20FNO5S/c1-13(16,6-7-19-2)9-15-21(17,18)10-4-5-12(20-3)11(14)8-10/h4-5,8,15-16H,6-7,9H2,1-3H3. The highest BCUT2D eigenvalue weighted by Gasteiger charge is 2.24. The lowest BCUT2D eigenvalue weighted by atomic mass is 10.0. The van der Waals surface area contributed by atoms with E-state index in [1.807, 2.05) is 0 Å². The number of sulfonamides is 1. The number of methoxy groups -OCH3 is 2. The van der Waals surface area contributed by atoms with Crippen molar-refractivity contribution in [3.8, 4) is 5.75 Å². The highest BCUT2D eigenvalue weighted by atomic mass is 32.2. The Morgan fingerprint density at radius 1 is 1.38 bits per heavy atom. The van der Waals surface area contributed by atoms with Crippen LogP contribution in [0.1, 0.15) is 13.3 Å². The molecule has 0 aliphatic rings. The van der Waals surface area contributed by atoms with Gasteiger partial charge in [0.25, 0.3) is 0 Å². The van der Waals surface area contributed by atoms with E-state index in [-0.39, 0.29) is 23.6 Å². The van der Waals surface area contributed by atoms with Crippen molar-refractivity contribution in [3.63, 3.8) is 0 Å². The third-order valence-corrected chi connectivity index (χ3v) is 4.32. The molecule has 0 radical (unpaired) electrons. The van der Waals surface area contributed by atoms with Gasteiger partial charge in [-0.25, -0.2) is 17.5 Å². The van der Waals surface area contributed by atoms with Crippen molar-refractivity contribution >= 4 is 10.0 Å². The molecular weight excluding hydrogens is 301 g/mol. The van der Waals surface area contributed by atoms with E-state index in [0.29, 0.717) is 6.61 Å². The first-order valence-corrected chi connectivity index (χ1v) is 7.75. The summed E-state index contributed by atoms with van der Waals surface area (Å²) in [6, 6.07) is 3.33. The summed E-state index contributed by atoms with van der Waals surface area (Å²) in [4.78, 5) is -0.233. The van der Waals surface area contributed by atoms with Gasteiger partial charge in [-0.05, 0) is 25.1 Å². The van der Waals surface area contributed by atoms with Crippen molar-refractivity contribution in [3.05, 3.63) is 24.0 Å². The van der Waals surface area contributed by atoms with E-state index >= 15 is 0 Å². The molecule has 0 aliphatic heterocycles. The van der Waals surface area contributed by atoms with E-state index in [0.717, 1.165) is 6.07 Å². The molecule has 1 unspecified atom stereocenters. The van der Waals surface area contributed by atoms with Crippen LogP contribution in [0.2, 0.25) is 0 Å². The minimum absolute atomic E-state index is 0.0407. The SMILES string of the molecule is COCCC(C)(O)CNS(=O)(=O)c1ccc(OC)c(F)c1. The maximum Gasteiger partial charge on any atom is 0.240 e. The second kappa shape index (κ2) is 7.17. The normalized spacial score (nSPS) is 14.7. The van der Waals surface area contributed by atoms with Crippen molar-refractivity contribution in [2.24, 2.45) is 0 Å². The van der Waals surface area contributed by atoms with Crippen LogP contribution in [-0.4, -0.2) is 46.5 Å². The highest BCUT2D eigenvalue weighted by molar-refractivity contribution is 7.89. The monoisotopic (exact) mass is 321 g/mol. The van der Waals surface area contributed by atoms with Gasteiger partial charge in [0.2, 0.25) is 10.0 Å². The highest BCUT2D eigenvalue weighted by Crippen LogP contribution is 2.20. The van der Waals surface area contributed by atoms with E-state index in [2.05, 4.69) is 4.72 Å². The van der Waals surface area contributed by atoms with Gasteiger partial charge in [-0.15, -0.1) is 0 Å². The summed E-state index contributed by atoms with van der Waals surface area (Å²) in [5.74, 6) is -0.812. The molecule has 8 heteroatoms. The number of benzene rings is 1. The van der Waals surface area contributed by atoms with E-state index in [4.69, 9.17) is 9.47 Å². The van der Waals surface area contributed by atoms with Crippen LogP contribution in [-0.2, 0) is 14.8 Å². The van der Waals surface area contributed by atoms with Crippen LogP contribution in [0.15, 0.2) is 23.1 Å². The summed E-state index contributed by atoms with van der Waals surface area (Å²) in [5, 5.41) is 9.99. The van der Waals surface area contributed by atoms with Gasteiger partial charge in [0, 0.05) is 26.7 Å². The molecule has 1 aromatic rings. The number of nitrogens with one attached hydrogen (secondary N) is 1.